The number of alkyl halides is 1. The lowest BCUT2D eigenvalue weighted by molar-refractivity contribution is 0.594. The third-order valence-electron chi connectivity index (χ3n) is 3.00. The average Bonchev–Trinajstić information content (AvgIpc) is 2.47. The molecule has 0 aromatic heterocycles. The molecule has 0 N–H and O–H groups in total. The molecule has 0 atom stereocenters. The Kier molecular flexibility index (Phi) is 5.04. The molecule has 21 heavy (non-hydrogen) atoms. The first-order valence-electron chi connectivity index (χ1n) is 5.96. The number of halogens is 3. The minimum absolute atomic E-state index is 0.0180. The molecule has 2 aromatic rings. The van der Waals surface area contributed by atoms with E-state index in [0.717, 1.165) is 0 Å². The van der Waals surface area contributed by atoms with Crippen molar-refractivity contribution in [3.05, 3.63) is 58.1 Å². The number of sulfonamides is 1. The maximum Gasteiger partial charge on any atom is 0.265 e. The molecule has 0 fully saturated rings. The quantitative estimate of drug-likeness (QED) is 0.746. The van der Waals surface area contributed by atoms with Crippen LogP contribution in [0.1, 0.15) is 5.56 Å². The highest BCUT2D eigenvalue weighted by Crippen LogP contribution is 2.32. The fourth-order valence-corrected chi connectivity index (χ4v) is 4.12. The van der Waals surface area contributed by atoms with E-state index in [1.54, 1.807) is 24.3 Å². The zero-order valence-corrected chi connectivity index (χ0v) is 14.1. The molecule has 7 heteroatoms. The number of hydrogen-bond acceptors (Lipinski definition) is 2. The first-order valence-corrected chi connectivity index (χ1v) is 8.69. The summed E-state index contributed by atoms with van der Waals surface area (Å²) in [5.74, 6) is 0.105. The summed E-state index contributed by atoms with van der Waals surface area (Å²) >= 11 is 17.8. The Morgan fingerprint density at radius 3 is 2.24 bits per heavy atom. The van der Waals surface area contributed by atoms with Crippen LogP contribution in [0.5, 0.6) is 0 Å². The summed E-state index contributed by atoms with van der Waals surface area (Å²) in [6, 6.07) is 11.5. The summed E-state index contributed by atoms with van der Waals surface area (Å²) < 4.78 is 26.5. The van der Waals surface area contributed by atoms with Crippen LogP contribution in [0.4, 0.5) is 5.69 Å². The van der Waals surface area contributed by atoms with Gasteiger partial charge < -0.3 is 0 Å². The number of anilines is 1. The molecule has 0 aliphatic rings. The Hall–Kier alpha value is -0.940. The molecule has 112 valence electrons. The van der Waals surface area contributed by atoms with E-state index in [1.165, 1.54) is 23.5 Å². The van der Waals surface area contributed by atoms with Gasteiger partial charge in [0.2, 0.25) is 0 Å². The Morgan fingerprint density at radius 1 is 1.05 bits per heavy atom. The lowest BCUT2D eigenvalue weighted by Crippen LogP contribution is -2.26. The molecule has 0 amide bonds. The van der Waals surface area contributed by atoms with Gasteiger partial charge in [-0.05, 0) is 29.8 Å². The van der Waals surface area contributed by atoms with Crippen molar-refractivity contribution in [1.82, 2.24) is 0 Å². The Balaban J connectivity index is 2.54. The maximum atomic E-state index is 12.7. The summed E-state index contributed by atoms with van der Waals surface area (Å²) in [5.41, 5.74) is 1.05. The Morgan fingerprint density at radius 2 is 1.67 bits per heavy atom. The van der Waals surface area contributed by atoms with Crippen molar-refractivity contribution in [2.75, 3.05) is 11.4 Å². The highest BCUT2D eigenvalue weighted by Gasteiger charge is 2.25. The summed E-state index contributed by atoms with van der Waals surface area (Å²) in [6.07, 6.45) is 0. The predicted molar refractivity (Wildman–Crippen MR) is 88.0 cm³/mol. The minimum atomic E-state index is -3.79. The molecule has 0 radical (unpaired) electrons. The number of nitrogens with zero attached hydrogens (tertiary/aromatic N) is 1. The first kappa shape index (κ1) is 16.4. The lowest BCUT2D eigenvalue weighted by atomic mass is 10.2. The first-order chi connectivity index (χ1) is 9.87. The van der Waals surface area contributed by atoms with Crippen molar-refractivity contribution < 1.29 is 8.42 Å². The van der Waals surface area contributed by atoms with Crippen LogP contribution in [-0.2, 0) is 15.9 Å². The molecule has 3 nitrogen and oxygen atoms in total. The Labute approximate surface area is 139 Å². The number of benzene rings is 2. The maximum absolute atomic E-state index is 12.7. The van der Waals surface area contributed by atoms with Gasteiger partial charge in [-0.25, -0.2) is 8.42 Å². The van der Waals surface area contributed by atoms with Crippen molar-refractivity contribution in [2.45, 2.75) is 10.8 Å². The van der Waals surface area contributed by atoms with Gasteiger partial charge in [0.1, 0.15) is 4.90 Å². The largest absolute Gasteiger partial charge is 0.269 e. The molecule has 0 bridgehead atoms. The average molecular weight is 365 g/mol. The van der Waals surface area contributed by atoms with E-state index >= 15 is 0 Å². The van der Waals surface area contributed by atoms with Crippen molar-refractivity contribution in [3.63, 3.8) is 0 Å². The van der Waals surface area contributed by atoms with Crippen LogP contribution in [0.2, 0.25) is 10.0 Å². The van der Waals surface area contributed by atoms with E-state index in [4.69, 9.17) is 34.8 Å². The van der Waals surface area contributed by atoms with Crippen LogP contribution < -0.4 is 4.31 Å². The molecule has 0 aliphatic heterocycles. The summed E-state index contributed by atoms with van der Waals surface area (Å²) in [4.78, 5) is -0.0180. The minimum Gasteiger partial charge on any atom is -0.269 e. The molecular weight excluding hydrogens is 353 g/mol. The topological polar surface area (TPSA) is 37.4 Å². The summed E-state index contributed by atoms with van der Waals surface area (Å²) in [5, 5.41) is 0.410. The fourth-order valence-electron chi connectivity index (χ4n) is 1.80. The van der Waals surface area contributed by atoms with Gasteiger partial charge >= 0.3 is 0 Å². The third-order valence-corrected chi connectivity index (χ3v) is 5.89. The zero-order valence-electron chi connectivity index (χ0n) is 11.1. The fraction of sp³-hybridized carbons (Fsp3) is 0.143. The SMILES string of the molecule is CN(c1ccccc1)S(=O)(=O)c1cc(CCl)c(Cl)cc1Cl. The van der Waals surface area contributed by atoms with Crippen LogP contribution >= 0.6 is 34.8 Å². The zero-order chi connectivity index (χ0) is 15.6. The molecule has 0 saturated heterocycles. The molecule has 0 heterocycles. The van der Waals surface area contributed by atoms with Gasteiger partial charge in [0.25, 0.3) is 10.0 Å². The molecule has 0 unspecified atom stereocenters. The van der Waals surface area contributed by atoms with Gasteiger partial charge in [0, 0.05) is 18.0 Å². The van der Waals surface area contributed by atoms with E-state index in [1.807, 2.05) is 6.07 Å². The second-order valence-electron chi connectivity index (χ2n) is 4.32. The van der Waals surface area contributed by atoms with Crippen molar-refractivity contribution in [1.29, 1.82) is 0 Å². The molecule has 0 saturated carbocycles. The molecular formula is C14H12Cl3NO2S. The lowest BCUT2D eigenvalue weighted by Gasteiger charge is -2.20. The van der Waals surface area contributed by atoms with Gasteiger partial charge in [0.05, 0.1) is 10.7 Å². The highest BCUT2D eigenvalue weighted by atomic mass is 35.5. The normalized spacial score (nSPS) is 11.4. The molecule has 0 aliphatic carbocycles. The second kappa shape index (κ2) is 6.44. The highest BCUT2D eigenvalue weighted by molar-refractivity contribution is 7.93. The standard InChI is InChI=1S/C14H12Cl3NO2S/c1-18(11-5-3-2-4-6-11)21(19,20)14-7-10(9-15)12(16)8-13(14)17/h2-8H,9H2,1H3. The van der Waals surface area contributed by atoms with E-state index in [-0.39, 0.29) is 15.8 Å². The van der Waals surface area contributed by atoms with Crippen molar-refractivity contribution in [2.24, 2.45) is 0 Å². The Bertz CT molecular complexity index is 748. The third kappa shape index (κ3) is 3.29. The van der Waals surface area contributed by atoms with Gasteiger partial charge in [0.15, 0.2) is 0 Å². The van der Waals surface area contributed by atoms with Crippen molar-refractivity contribution >= 4 is 50.5 Å². The van der Waals surface area contributed by atoms with Crippen molar-refractivity contribution in [3.8, 4) is 0 Å². The number of hydrogen-bond donors (Lipinski definition) is 0. The smallest absolute Gasteiger partial charge is 0.265 e. The number of rotatable bonds is 4. The predicted octanol–water partition coefficient (Wildman–Crippen LogP) is 4.56. The van der Waals surface area contributed by atoms with Crippen LogP contribution in [-0.4, -0.2) is 15.5 Å². The van der Waals surface area contributed by atoms with Gasteiger partial charge in [-0.2, -0.15) is 0 Å². The summed E-state index contributed by atoms with van der Waals surface area (Å²) in [7, 11) is -2.32. The van der Waals surface area contributed by atoms with Crippen LogP contribution in [0.15, 0.2) is 47.4 Å². The van der Waals surface area contributed by atoms with E-state index in [2.05, 4.69) is 0 Å². The van der Waals surface area contributed by atoms with E-state index in [0.29, 0.717) is 16.3 Å². The van der Waals surface area contributed by atoms with Gasteiger partial charge in [-0.15, -0.1) is 11.6 Å². The van der Waals surface area contributed by atoms with Gasteiger partial charge in [-0.3, -0.25) is 4.31 Å². The number of para-hydroxylation sites is 1. The second-order valence-corrected chi connectivity index (χ2v) is 7.34. The van der Waals surface area contributed by atoms with Crippen LogP contribution in [0, 0.1) is 0 Å². The molecule has 2 rings (SSSR count). The van der Waals surface area contributed by atoms with Crippen LogP contribution in [0.3, 0.4) is 0 Å². The molecule has 2 aromatic carbocycles. The van der Waals surface area contributed by atoms with E-state index in [9.17, 15) is 8.42 Å². The van der Waals surface area contributed by atoms with E-state index < -0.39 is 10.0 Å². The molecule has 0 spiro atoms. The monoisotopic (exact) mass is 363 g/mol. The van der Waals surface area contributed by atoms with Crippen LogP contribution in [0.25, 0.3) is 0 Å². The van der Waals surface area contributed by atoms with Gasteiger partial charge in [-0.1, -0.05) is 41.4 Å². The summed E-state index contributed by atoms with van der Waals surface area (Å²) in [6.45, 7) is 0.